The third-order valence-corrected chi connectivity index (χ3v) is 7.85. The van der Waals surface area contributed by atoms with Crippen molar-refractivity contribution in [1.29, 1.82) is 0 Å². The lowest BCUT2D eigenvalue weighted by atomic mass is 10.1. The van der Waals surface area contributed by atoms with Crippen LogP contribution in [0.3, 0.4) is 0 Å². The normalized spacial score (nSPS) is 12.5. The molecule has 0 saturated heterocycles. The molecule has 39 heavy (non-hydrogen) atoms. The molecule has 2 amide bonds. The molecule has 0 aromatic heterocycles. The van der Waals surface area contributed by atoms with E-state index in [1.165, 1.54) is 37.3 Å². The minimum atomic E-state index is -4.74. The Balaban J connectivity index is 2.08. The Labute approximate surface area is 230 Å². The number of carbonyl (C=O) groups excluding carboxylic acids is 2. The molecule has 0 heterocycles. The van der Waals surface area contributed by atoms with Crippen molar-refractivity contribution in [3.05, 3.63) is 95.0 Å². The van der Waals surface area contributed by atoms with Crippen molar-refractivity contribution in [1.82, 2.24) is 10.2 Å². The predicted molar refractivity (Wildman–Crippen MR) is 143 cm³/mol. The number of rotatable bonds is 10. The molecule has 3 aromatic rings. The molecule has 7 nitrogen and oxygen atoms in total. The largest absolute Gasteiger partial charge is 0.416 e. The minimum absolute atomic E-state index is 0.0977. The predicted octanol–water partition coefficient (Wildman–Crippen LogP) is 5.11. The van der Waals surface area contributed by atoms with Crippen LogP contribution in [-0.4, -0.2) is 44.3 Å². The van der Waals surface area contributed by atoms with Crippen molar-refractivity contribution in [2.45, 2.75) is 37.5 Å². The SMILES string of the molecule is CCNC(=O)C(C)N(Cc1cccc(Cl)c1)C(=O)CN(c1cccc(C(F)(F)F)c1)S(=O)(=O)c1ccccc1. The number of likely N-dealkylation sites (N-methyl/N-ethyl adjacent to an activating group) is 1. The second-order valence-electron chi connectivity index (χ2n) is 8.59. The number of hydrogen-bond acceptors (Lipinski definition) is 4. The quantitative estimate of drug-likeness (QED) is 0.361. The maximum absolute atomic E-state index is 13.7. The zero-order valence-corrected chi connectivity index (χ0v) is 22.7. The van der Waals surface area contributed by atoms with Gasteiger partial charge in [-0.15, -0.1) is 0 Å². The van der Waals surface area contributed by atoms with Crippen LogP contribution in [0.2, 0.25) is 5.02 Å². The van der Waals surface area contributed by atoms with Crippen molar-refractivity contribution in [2.75, 3.05) is 17.4 Å². The van der Waals surface area contributed by atoms with Crippen molar-refractivity contribution in [3.8, 4) is 0 Å². The molecule has 1 atom stereocenters. The van der Waals surface area contributed by atoms with Gasteiger partial charge in [0.15, 0.2) is 0 Å². The van der Waals surface area contributed by atoms with Gasteiger partial charge in [0.05, 0.1) is 16.1 Å². The van der Waals surface area contributed by atoms with Gasteiger partial charge in [0.2, 0.25) is 11.8 Å². The van der Waals surface area contributed by atoms with Crippen LogP contribution >= 0.6 is 11.6 Å². The van der Waals surface area contributed by atoms with E-state index in [0.717, 1.165) is 17.0 Å². The average molecular weight is 582 g/mol. The fourth-order valence-corrected chi connectivity index (χ4v) is 5.46. The number of anilines is 1. The molecule has 3 aromatic carbocycles. The molecule has 1 unspecified atom stereocenters. The van der Waals surface area contributed by atoms with E-state index in [0.29, 0.717) is 27.5 Å². The molecule has 0 bridgehead atoms. The third-order valence-electron chi connectivity index (χ3n) is 5.83. The number of nitrogens with zero attached hydrogens (tertiary/aromatic N) is 2. The Morgan fingerprint density at radius 1 is 0.974 bits per heavy atom. The summed E-state index contributed by atoms with van der Waals surface area (Å²) in [5, 5.41) is 3.02. The van der Waals surface area contributed by atoms with Gasteiger partial charge in [-0.3, -0.25) is 13.9 Å². The first-order valence-electron chi connectivity index (χ1n) is 11.9. The lowest BCUT2D eigenvalue weighted by molar-refractivity contribution is -0.139. The summed E-state index contributed by atoms with van der Waals surface area (Å²) in [5.41, 5.74) is -0.855. The molecule has 12 heteroatoms. The number of alkyl halides is 3. The summed E-state index contributed by atoms with van der Waals surface area (Å²) in [6.07, 6.45) is -4.74. The highest BCUT2D eigenvalue weighted by Crippen LogP contribution is 2.33. The van der Waals surface area contributed by atoms with Gasteiger partial charge in [-0.2, -0.15) is 13.2 Å². The smallest absolute Gasteiger partial charge is 0.355 e. The summed E-state index contributed by atoms with van der Waals surface area (Å²) >= 11 is 6.08. The van der Waals surface area contributed by atoms with Crippen molar-refractivity contribution in [3.63, 3.8) is 0 Å². The molecule has 0 aliphatic rings. The van der Waals surface area contributed by atoms with Gasteiger partial charge >= 0.3 is 6.18 Å². The second-order valence-corrected chi connectivity index (χ2v) is 10.9. The van der Waals surface area contributed by atoms with Gasteiger partial charge in [0.1, 0.15) is 12.6 Å². The van der Waals surface area contributed by atoms with Gasteiger partial charge in [-0.1, -0.05) is 48.0 Å². The van der Waals surface area contributed by atoms with Gasteiger partial charge in [-0.05, 0) is 61.9 Å². The number of nitrogens with one attached hydrogen (secondary N) is 1. The average Bonchev–Trinajstić information content (AvgIpc) is 2.90. The van der Waals surface area contributed by atoms with E-state index in [1.807, 2.05) is 0 Å². The number of halogens is 4. The second kappa shape index (κ2) is 12.5. The Kier molecular flexibility index (Phi) is 9.63. The van der Waals surface area contributed by atoms with Crippen LogP contribution < -0.4 is 9.62 Å². The summed E-state index contributed by atoms with van der Waals surface area (Å²) in [4.78, 5) is 27.3. The molecule has 208 valence electrons. The van der Waals surface area contributed by atoms with Crippen LogP contribution in [0, 0.1) is 0 Å². The molecule has 0 aliphatic carbocycles. The molecule has 0 spiro atoms. The minimum Gasteiger partial charge on any atom is -0.355 e. The summed E-state index contributed by atoms with van der Waals surface area (Å²) < 4.78 is 68.4. The van der Waals surface area contributed by atoms with Crippen LogP contribution in [0.1, 0.15) is 25.0 Å². The third kappa shape index (κ3) is 7.51. The first-order valence-corrected chi connectivity index (χ1v) is 13.7. The van der Waals surface area contributed by atoms with E-state index in [-0.39, 0.29) is 17.1 Å². The zero-order valence-electron chi connectivity index (χ0n) is 21.2. The number of benzene rings is 3. The highest BCUT2D eigenvalue weighted by Gasteiger charge is 2.35. The van der Waals surface area contributed by atoms with E-state index in [2.05, 4.69) is 5.32 Å². The highest BCUT2D eigenvalue weighted by atomic mass is 35.5. The van der Waals surface area contributed by atoms with E-state index in [4.69, 9.17) is 11.6 Å². The van der Waals surface area contributed by atoms with Crippen LogP contribution in [0.25, 0.3) is 0 Å². The molecule has 0 saturated carbocycles. The highest BCUT2D eigenvalue weighted by molar-refractivity contribution is 7.92. The summed E-state index contributed by atoms with van der Waals surface area (Å²) in [5.74, 6) is -1.28. The molecule has 0 aliphatic heterocycles. The lowest BCUT2D eigenvalue weighted by Gasteiger charge is -2.32. The summed E-state index contributed by atoms with van der Waals surface area (Å²) in [6, 6.07) is 16.3. The van der Waals surface area contributed by atoms with Gasteiger partial charge in [-0.25, -0.2) is 8.42 Å². The number of sulfonamides is 1. The van der Waals surface area contributed by atoms with Gasteiger partial charge < -0.3 is 10.2 Å². The number of hydrogen-bond donors (Lipinski definition) is 1. The van der Waals surface area contributed by atoms with Gasteiger partial charge in [0.25, 0.3) is 10.0 Å². The Morgan fingerprint density at radius 3 is 2.26 bits per heavy atom. The molecule has 0 radical (unpaired) electrons. The van der Waals surface area contributed by atoms with Gasteiger partial charge in [0, 0.05) is 18.1 Å². The molecular formula is C27H27ClF3N3O4S. The Morgan fingerprint density at radius 2 is 1.64 bits per heavy atom. The molecule has 0 fully saturated rings. The van der Waals surface area contributed by atoms with E-state index in [1.54, 1.807) is 37.3 Å². The van der Waals surface area contributed by atoms with Crippen molar-refractivity contribution < 1.29 is 31.2 Å². The maximum atomic E-state index is 13.7. The van der Waals surface area contributed by atoms with Crippen LogP contribution in [0.15, 0.2) is 83.8 Å². The summed E-state index contributed by atoms with van der Waals surface area (Å²) in [7, 11) is -4.48. The Bertz CT molecular complexity index is 1420. The van der Waals surface area contributed by atoms with Crippen molar-refractivity contribution in [2.24, 2.45) is 0 Å². The summed E-state index contributed by atoms with van der Waals surface area (Å²) in [6.45, 7) is 2.52. The maximum Gasteiger partial charge on any atom is 0.416 e. The number of amides is 2. The fraction of sp³-hybridized carbons (Fsp3) is 0.259. The first-order chi connectivity index (χ1) is 18.3. The van der Waals surface area contributed by atoms with E-state index < -0.39 is 46.2 Å². The molecular weight excluding hydrogens is 555 g/mol. The molecule has 1 N–H and O–H groups in total. The zero-order chi connectivity index (χ0) is 28.8. The molecule has 3 rings (SSSR count). The fourth-order valence-electron chi connectivity index (χ4n) is 3.82. The van der Waals surface area contributed by atoms with E-state index >= 15 is 0 Å². The van der Waals surface area contributed by atoms with Crippen LogP contribution in [0.4, 0.5) is 18.9 Å². The topological polar surface area (TPSA) is 86.8 Å². The first kappa shape index (κ1) is 30.0. The lowest BCUT2D eigenvalue weighted by Crippen LogP contribution is -2.51. The standard InChI is InChI=1S/C27H27ClF3N3O4S/c1-3-32-26(36)19(2)33(17-20-9-7-11-22(28)15-20)25(35)18-34(39(37,38)24-13-5-4-6-14-24)23-12-8-10-21(16-23)27(29,30)31/h4-16,19H,3,17-18H2,1-2H3,(H,32,36). The van der Waals surface area contributed by atoms with E-state index in [9.17, 15) is 31.2 Å². The van der Waals surface area contributed by atoms with Crippen LogP contribution in [0.5, 0.6) is 0 Å². The Hall–Kier alpha value is -3.57. The monoisotopic (exact) mass is 581 g/mol. The van der Waals surface area contributed by atoms with Crippen molar-refractivity contribution >= 4 is 39.1 Å². The number of carbonyl (C=O) groups is 2. The van der Waals surface area contributed by atoms with Crippen LogP contribution in [-0.2, 0) is 32.3 Å².